The number of rotatable bonds is 2. The molecule has 1 aliphatic heterocycles. The summed E-state index contributed by atoms with van der Waals surface area (Å²) in [6.45, 7) is 3.89. The Morgan fingerprint density at radius 2 is 2.67 bits per heavy atom. The lowest BCUT2D eigenvalue weighted by Crippen LogP contribution is -2.51. The zero-order chi connectivity index (χ0) is 8.55. The van der Waals surface area contributed by atoms with Gasteiger partial charge in [0.15, 0.2) is 5.13 Å². The number of nitrogens with zero attached hydrogens (tertiary/aromatic N) is 2. The van der Waals surface area contributed by atoms with Crippen molar-refractivity contribution < 1.29 is 0 Å². The average molecular weight is 183 g/mol. The van der Waals surface area contributed by atoms with Gasteiger partial charge in [0.05, 0.1) is 5.69 Å². The average Bonchev–Trinajstić information content (AvgIpc) is 2.35. The van der Waals surface area contributed by atoms with Gasteiger partial charge in [-0.2, -0.15) is 0 Å². The standard InChI is InChI=1S/C8H13N3S/c1-6-5-12-8(10-6)11-3-2-7(11)4-9/h5,7H,2-4,9H2,1H3. The predicted octanol–water partition coefficient (Wildman–Crippen LogP) is 0.989. The molecule has 2 heterocycles. The summed E-state index contributed by atoms with van der Waals surface area (Å²) in [4.78, 5) is 6.71. The Balaban J connectivity index is 2.10. The van der Waals surface area contributed by atoms with Crippen LogP contribution in [0.1, 0.15) is 12.1 Å². The molecule has 0 saturated carbocycles. The van der Waals surface area contributed by atoms with Crippen LogP contribution in [0.25, 0.3) is 0 Å². The Hall–Kier alpha value is -0.610. The van der Waals surface area contributed by atoms with Crippen LogP contribution in [0.5, 0.6) is 0 Å². The van der Waals surface area contributed by atoms with E-state index in [1.165, 1.54) is 6.42 Å². The third-order valence-corrected chi connectivity index (χ3v) is 3.26. The van der Waals surface area contributed by atoms with Crippen molar-refractivity contribution in [1.29, 1.82) is 0 Å². The number of thiazole rings is 1. The van der Waals surface area contributed by atoms with Crippen LogP contribution in [-0.4, -0.2) is 24.1 Å². The van der Waals surface area contributed by atoms with Crippen molar-refractivity contribution in [1.82, 2.24) is 4.98 Å². The summed E-state index contributed by atoms with van der Waals surface area (Å²) >= 11 is 1.71. The van der Waals surface area contributed by atoms with Crippen molar-refractivity contribution in [2.75, 3.05) is 18.0 Å². The van der Waals surface area contributed by atoms with E-state index in [0.717, 1.165) is 23.9 Å². The zero-order valence-corrected chi connectivity index (χ0v) is 7.97. The summed E-state index contributed by atoms with van der Waals surface area (Å²) in [7, 11) is 0. The zero-order valence-electron chi connectivity index (χ0n) is 7.16. The van der Waals surface area contributed by atoms with Crippen molar-refractivity contribution in [3.8, 4) is 0 Å². The van der Waals surface area contributed by atoms with Crippen molar-refractivity contribution in [3.05, 3.63) is 11.1 Å². The minimum Gasteiger partial charge on any atom is -0.344 e. The molecule has 0 bridgehead atoms. The van der Waals surface area contributed by atoms with E-state index in [0.29, 0.717) is 6.04 Å². The Labute approximate surface area is 76.2 Å². The molecule has 4 heteroatoms. The first-order valence-electron chi connectivity index (χ1n) is 4.20. The lowest BCUT2D eigenvalue weighted by atomic mass is 10.1. The molecule has 1 saturated heterocycles. The van der Waals surface area contributed by atoms with Crippen molar-refractivity contribution in [3.63, 3.8) is 0 Å². The highest BCUT2D eigenvalue weighted by Crippen LogP contribution is 2.28. The van der Waals surface area contributed by atoms with Gasteiger partial charge < -0.3 is 10.6 Å². The first-order valence-corrected chi connectivity index (χ1v) is 5.08. The number of hydrogen-bond donors (Lipinski definition) is 1. The fraction of sp³-hybridized carbons (Fsp3) is 0.625. The number of hydrogen-bond acceptors (Lipinski definition) is 4. The van der Waals surface area contributed by atoms with E-state index in [1.807, 2.05) is 6.92 Å². The predicted molar refractivity (Wildman–Crippen MR) is 51.7 cm³/mol. The Kier molecular flexibility index (Phi) is 2.02. The molecule has 1 aliphatic rings. The molecule has 0 spiro atoms. The SMILES string of the molecule is Cc1csc(N2CCC2CN)n1. The molecule has 0 aliphatic carbocycles. The minimum absolute atomic E-state index is 0.538. The monoisotopic (exact) mass is 183 g/mol. The van der Waals surface area contributed by atoms with E-state index in [-0.39, 0.29) is 0 Å². The molecule has 0 amide bonds. The van der Waals surface area contributed by atoms with Crippen molar-refractivity contribution >= 4 is 16.5 Å². The molecule has 1 unspecified atom stereocenters. The van der Waals surface area contributed by atoms with Crippen LogP contribution < -0.4 is 10.6 Å². The lowest BCUT2D eigenvalue weighted by molar-refractivity contribution is 0.455. The third kappa shape index (κ3) is 1.21. The summed E-state index contributed by atoms with van der Waals surface area (Å²) in [5, 5.41) is 3.22. The highest BCUT2D eigenvalue weighted by Gasteiger charge is 2.28. The molecular formula is C8H13N3S. The van der Waals surface area contributed by atoms with Crippen molar-refractivity contribution in [2.45, 2.75) is 19.4 Å². The largest absolute Gasteiger partial charge is 0.344 e. The second-order valence-electron chi connectivity index (χ2n) is 3.14. The normalized spacial score (nSPS) is 22.5. The molecule has 1 atom stereocenters. The summed E-state index contributed by atoms with van der Waals surface area (Å²) in [5.41, 5.74) is 6.71. The van der Waals surface area contributed by atoms with Crippen LogP contribution >= 0.6 is 11.3 Å². The number of anilines is 1. The minimum atomic E-state index is 0.538. The number of nitrogens with two attached hydrogens (primary N) is 1. The van der Waals surface area contributed by atoms with Gasteiger partial charge in [-0.3, -0.25) is 0 Å². The van der Waals surface area contributed by atoms with Gasteiger partial charge >= 0.3 is 0 Å². The molecule has 3 nitrogen and oxygen atoms in total. The van der Waals surface area contributed by atoms with E-state index < -0.39 is 0 Å². The Morgan fingerprint density at radius 3 is 3.08 bits per heavy atom. The third-order valence-electron chi connectivity index (χ3n) is 2.27. The summed E-state index contributed by atoms with van der Waals surface area (Å²) in [6.07, 6.45) is 1.22. The maximum atomic E-state index is 5.60. The molecule has 66 valence electrons. The summed E-state index contributed by atoms with van der Waals surface area (Å²) in [6, 6.07) is 0.538. The van der Waals surface area contributed by atoms with Crippen LogP contribution in [-0.2, 0) is 0 Å². The summed E-state index contributed by atoms with van der Waals surface area (Å²) in [5.74, 6) is 0. The molecular weight excluding hydrogens is 170 g/mol. The second-order valence-corrected chi connectivity index (χ2v) is 3.98. The Morgan fingerprint density at radius 1 is 1.83 bits per heavy atom. The first-order chi connectivity index (χ1) is 5.81. The van der Waals surface area contributed by atoms with E-state index >= 15 is 0 Å². The fourth-order valence-corrected chi connectivity index (χ4v) is 2.31. The van der Waals surface area contributed by atoms with Crippen LogP contribution in [0.2, 0.25) is 0 Å². The smallest absolute Gasteiger partial charge is 0.185 e. The van der Waals surface area contributed by atoms with Gasteiger partial charge in [-0.05, 0) is 13.3 Å². The van der Waals surface area contributed by atoms with E-state index in [4.69, 9.17) is 5.73 Å². The molecule has 12 heavy (non-hydrogen) atoms. The van der Waals surface area contributed by atoms with Gasteiger partial charge in [-0.1, -0.05) is 0 Å². The van der Waals surface area contributed by atoms with Crippen LogP contribution in [0.3, 0.4) is 0 Å². The lowest BCUT2D eigenvalue weighted by Gasteiger charge is -2.40. The highest BCUT2D eigenvalue weighted by molar-refractivity contribution is 7.13. The maximum absolute atomic E-state index is 5.60. The van der Waals surface area contributed by atoms with Crippen molar-refractivity contribution in [2.24, 2.45) is 5.73 Å². The van der Waals surface area contributed by atoms with Gasteiger partial charge in [0.1, 0.15) is 0 Å². The molecule has 2 N–H and O–H groups in total. The Bertz CT molecular complexity index is 269. The first kappa shape index (κ1) is 8.01. The second kappa shape index (κ2) is 3.03. The van der Waals surface area contributed by atoms with Gasteiger partial charge in [0.25, 0.3) is 0 Å². The van der Waals surface area contributed by atoms with Gasteiger partial charge in [0, 0.05) is 24.5 Å². The summed E-state index contributed by atoms with van der Waals surface area (Å²) < 4.78 is 0. The molecule has 1 aromatic rings. The molecule has 1 fully saturated rings. The maximum Gasteiger partial charge on any atom is 0.185 e. The fourth-order valence-electron chi connectivity index (χ4n) is 1.41. The molecule has 0 aromatic carbocycles. The van der Waals surface area contributed by atoms with Crippen LogP contribution in [0.4, 0.5) is 5.13 Å². The number of aromatic nitrogens is 1. The van der Waals surface area contributed by atoms with Gasteiger partial charge in [-0.25, -0.2) is 4.98 Å². The molecule has 1 aromatic heterocycles. The van der Waals surface area contributed by atoms with Crippen LogP contribution in [0.15, 0.2) is 5.38 Å². The van der Waals surface area contributed by atoms with E-state index in [2.05, 4.69) is 15.3 Å². The van der Waals surface area contributed by atoms with Gasteiger partial charge in [-0.15, -0.1) is 11.3 Å². The van der Waals surface area contributed by atoms with E-state index in [1.54, 1.807) is 11.3 Å². The van der Waals surface area contributed by atoms with Gasteiger partial charge in [0.2, 0.25) is 0 Å². The quantitative estimate of drug-likeness (QED) is 0.743. The number of aryl methyl sites for hydroxylation is 1. The van der Waals surface area contributed by atoms with E-state index in [9.17, 15) is 0 Å². The van der Waals surface area contributed by atoms with Crippen LogP contribution in [0, 0.1) is 6.92 Å². The molecule has 0 radical (unpaired) electrons. The topological polar surface area (TPSA) is 42.1 Å². The highest BCUT2D eigenvalue weighted by atomic mass is 32.1. The molecule has 2 rings (SSSR count).